The van der Waals surface area contributed by atoms with Crippen LogP contribution in [-0.2, 0) is 22.4 Å². The Kier molecular flexibility index (Phi) is 6.98. The molecular weight excluding hydrogens is 342 g/mol. The highest BCUT2D eigenvalue weighted by atomic mass is 16.5. The molecule has 1 saturated heterocycles. The van der Waals surface area contributed by atoms with Gasteiger partial charge in [-0.05, 0) is 37.7 Å². The Morgan fingerprint density at radius 3 is 2.78 bits per heavy atom. The molecule has 1 amide bonds. The first-order chi connectivity index (χ1) is 13.1. The first-order valence-corrected chi connectivity index (χ1v) is 9.78. The molecule has 6 heteroatoms. The predicted molar refractivity (Wildman–Crippen MR) is 102 cm³/mol. The third kappa shape index (κ3) is 6.17. The molecule has 0 atom stereocenters. The Balaban J connectivity index is 1.41. The van der Waals surface area contributed by atoms with Crippen molar-refractivity contribution in [2.45, 2.75) is 45.4 Å². The standard InChI is InChI=1S/C21H29N3O3/c1-16-4-3-5-18(14-16)15-20-23-22-19(27-20)6-7-21(25)24(2)11-8-17-9-12-26-13-10-17/h3-5,14,17H,6-13,15H2,1-2H3. The number of hydrogen-bond donors (Lipinski definition) is 0. The fourth-order valence-corrected chi connectivity index (χ4v) is 3.40. The summed E-state index contributed by atoms with van der Waals surface area (Å²) in [6.07, 6.45) is 4.76. The molecule has 3 rings (SSSR count). The lowest BCUT2D eigenvalue weighted by molar-refractivity contribution is -0.130. The van der Waals surface area contributed by atoms with Crippen LogP contribution in [0.15, 0.2) is 28.7 Å². The number of aryl methyl sites for hydroxylation is 2. The lowest BCUT2D eigenvalue weighted by Crippen LogP contribution is -2.30. The highest BCUT2D eigenvalue weighted by molar-refractivity contribution is 5.75. The van der Waals surface area contributed by atoms with Crippen molar-refractivity contribution in [2.24, 2.45) is 5.92 Å². The van der Waals surface area contributed by atoms with Gasteiger partial charge in [-0.2, -0.15) is 0 Å². The number of aromatic nitrogens is 2. The number of amides is 1. The average Bonchev–Trinajstić information content (AvgIpc) is 3.12. The summed E-state index contributed by atoms with van der Waals surface area (Å²) in [6, 6.07) is 8.25. The summed E-state index contributed by atoms with van der Waals surface area (Å²) in [7, 11) is 1.87. The molecule has 0 aliphatic carbocycles. The van der Waals surface area contributed by atoms with Crippen LogP contribution in [0.25, 0.3) is 0 Å². The Labute approximate surface area is 160 Å². The molecule has 0 saturated carbocycles. The van der Waals surface area contributed by atoms with Crippen molar-refractivity contribution in [1.82, 2.24) is 15.1 Å². The van der Waals surface area contributed by atoms with E-state index in [1.165, 1.54) is 5.56 Å². The van der Waals surface area contributed by atoms with E-state index in [4.69, 9.17) is 9.15 Å². The number of ether oxygens (including phenoxy) is 1. The Morgan fingerprint density at radius 2 is 2.00 bits per heavy atom. The summed E-state index contributed by atoms with van der Waals surface area (Å²) in [5.41, 5.74) is 2.36. The van der Waals surface area contributed by atoms with Gasteiger partial charge in [-0.25, -0.2) is 0 Å². The summed E-state index contributed by atoms with van der Waals surface area (Å²) in [4.78, 5) is 14.2. The molecule has 0 spiro atoms. The molecule has 0 N–H and O–H groups in total. The van der Waals surface area contributed by atoms with Gasteiger partial charge in [-0.1, -0.05) is 29.8 Å². The van der Waals surface area contributed by atoms with Crippen molar-refractivity contribution >= 4 is 5.91 Å². The van der Waals surface area contributed by atoms with Crippen LogP contribution in [0.4, 0.5) is 0 Å². The molecule has 146 valence electrons. The molecule has 1 aliphatic rings. The lowest BCUT2D eigenvalue weighted by Gasteiger charge is -2.24. The van der Waals surface area contributed by atoms with Crippen molar-refractivity contribution < 1.29 is 13.9 Å². The van der Waals surface area contributed by atoms with Crippen LogP contribution in [0.1, 0.15) is 48.6 Å². The second kappa shape index (κ2) is 9.65. The number of benzene rings is 1. The van der Waals surface area contributed by atoms with Crippen LogP contribution in [0.5, 0.6) is 0 Å². The van der Waals surface area contributed by atoms with Crippen molar-refractivity contribution in [2.75, 3.05) is 26.8 Å². The molecular formula is C21H29N3O3. The van der Waals surface area contributed by atoms with Crippen LogP contribution in [0, 0.1) is 12.8 Å². The van der Waals surface area contributed by atoms with Gasteiger partial charge in [0.2, 0.25) is 17.7 Å². The summed E-state index contributed by atoms with van der Waals surface area (Å²) in [5.74, 6) is 1.93. The molecule has 1 aromatic heterocycles. The van der Waals surface area contributed by atoms with Gasteiger partial charge >= 0.3 is 0 Å². The van der Waals surface area contributed by atoms with Gasteiger partial charge in [0.25, 0.3) is 0 Å². The fourth-order valence-electron chi connectivity index (χ4n) is 3.40. The van der Waals surface area contributed by atoms with Gasteiger partial charge in [0.1, 0.15) is 0 Å². The van der Waals surface area contributed by atoms with E-state index in [9.17, 15) is 4.79 Å². The van der Waals surface area contributed by atoms with Crippen LogP contribution in [-0.4, -0.2) is 47.8 Å². The zero-order valence-electron chi connectivity index (χ0n) is 16.3. The second-order valence-corrected chi connectivity index (χ2v) is 7.42. The lowest BCUT2D eigenvalue weighted by atomic mass is 9.96. The number of carbonyl (C=O) groups excluding carboxylic acids is 1. The molecule has 27 heavy (non-hydrogen) atoms. The maximum Gasteiger partial charge on any atom is 0.222 e. The fraction of sp³-hybridized carbons (Fsp3) is 0.571. The van der Waals surface area contributed by atoms with Crippen LogP contribution in [0.2, 0.25) is 0 Å². The molecule has 6 nitrogen and oxygen atoms in total. The van der Waals surface area contributed by atoms with Gasteiger partial charge < -0.3 is 14.1 Å². The minimum absolute atomic E-state index is 0.125. The maximum atomic E-state index is 12.3. The van der Waals surface area contributed by atoms with Crippen LogP contribution in [0.3, 0.4) is 0 Å². The normalized spacial score (nSPS) is 15.0. The number of rotatable bonds is 8. The first kappa shape index (κ1) is 19.5. The monoisotopic (exact) mass is 371 g/mol. The summed E-state index contributed by atoms with van der Waals surface area (Å²) in [5, 5.41) is 8.19. The minimum atomic E-state index is 0.125. The third-order valence-electron chi connectivity index (χ3n) is 5.14. The third-order valence-corrected chi connectivity index (χ3v) is 5.14. The highest BCUT2D eigenvalue weighted by Crippen LogP contribution is 2.18. The van der Waals surface area contributed by atoms with E-state index in [1.807, 2.05) is 24.1 Å². The van der Waals surface area contributed by atoms with E-state index in [-0.39, 0.29) is 5.91 Å². The van der Waals surface area contributed by atoms with Crippen molar-refractivity contribution in [1.29, 1.82) is 0 Å². The second-order valence-electron chi connectivity index (χ2n) is 7.42. The topological polar surface area (TPSA) is 68.5 Å². The van der Waals surface area contributed by atoms with E-state index in [0.717, 1.165) is 44.6 Å². The number of hydrogen-bond acceptors (Lipinski definition) is 5. The SMILES string of the molecule is Cc1cccc(Cc2nnc(CCC(=O)N(C)CCC3CCOCC3)o2)c1. The number of carbonyl (C=O) groups is 1. The van der Waals surface area contributed by atoms with Crippen molar-refractivity contribution in [3.8, 4) is 0 Å². The zero-order chi connectivity index (χ0) is 19.1. The largest absolute Gasteiger partial charge is 0.425 e. The molecule has 2 heterocycles. The highest BCUT2D eigenvalue weighted by Gasteiger charge is 2.17. The molecule has 1 fully saturated rings. The minimum Gasteiger partial charge on any atom is -0.425 e. The van der Waals surface area contributed by atoms with Gasteiger partial charge in [-0.15, -0.1) is 10.2 Å². The molecule has 1 aliphatic heterocycles. The summed E-state index contributed by atoms with van der Waals surface area (Å²) >= 11 is 0. The predicted octanol–water partition coefficient (Wildman–Crippen LogP) is 3.18. The maximum absolute atomic E-state index is 12.3. The molecule has 2 aromatic rings. The van der Waals surface area contributed by atoms with E-state index in [2.05, 4.69) is 29.3 Å². The van der Waals surface area contributed by atoms with Crippen LogP contribution < -0.4 is 0 Å². The zero-order valence-corrected chi connectivity index (χ0v) is 16.3. The molecule has 1 aromatic carbocycles. The van der Waals surface area contributed by atoms with Gasteiger partial charge in [0.05, 0.1) is 6.42 Å². The first-order valence-electron chi connectivity index (χ1n) is 9.78. The Hall–Kier alpha value is -2.21. The van der Waals surface area contributed by atoms with Gasteiger partial charge in [0.15, 0.2) is 0 Å². The van der Waals surface area contributed by atoms with Crippen molar-refractivity contribution in [3.63, 3.8) is 0 Å². The summed E-state index contributed by atoms with van der Waals surface area (Å²) in [6.45, 7) is 4.56. The average molecular weight is 371 g/mol. The quantitative estimate of drug-likeness (QED) is 0.713. The Bertz CT molecular complexity index is 738. The van der Waals surface area contributed by atoms with E-state index >= 15 is 0 Å². The summed E-state index contributed by atoms with van der Waals surface area (Å²) < 4.78 is 11.1. The molecule has 0 unspecified atom stereocenters. The van der Waals surface area contributed by atoms with Gasteiger partial charge in [0, 0.05) is 39.6 Å². The molecule has 0 bridgehead atoms. The smallest absolute Gasteiger partial charge is 0.222 e. The Morgan fingerprint density at radius 1 is 1.22 bits per heavy atom. The van der Waals surface area contributed by atoms with E-state index in [0.29, 0.717) is 37.0 Å². The molecule has 0 radical (unpaired) electrons. The van der Waals surface area contributed by atoms with Gasteiger partial charge in [-0.3, -0.25) is 4.79 Å². The van der Waals surface area contributed by atoms with Crippen LogP contribution >= 0.6 is 0 Å². The van der Waals surface area contributed by atoms with E-state index < -0.39 is 0 Å². The van der Waals surface area contributed by atoms with Crippen molar-refractivity contribution in [3.05, 3.63) is 47.2 Å². The number of nitrogens with zero attached hydrogens (tertiary/aromatic N) is 3. The van der Waals surface area contributed by atoms with E-state index in [1.54, 1.807) is 0 Å².